The molecule has 0 saturated heterocycles. The SMILES string of the molecule is COC(=O)c1ccc2c(c1)c(=O)c(C(=O)Cc1ccc(Oc3ncnc4[nH]cc(-c5ccccc5)c34)c(F)c1)c(C)n2C. The van der Waals surface area contributed by atoms with Gasteiger partial charge in [-0.1, -0.05) is 36.4 Å². The number of ketones is 1. The summed E-state index contributed by atoms with van der Waals surface area (Å²) in [5.74, 6) is -1.67. The highest BCUT2D eigenvalue weighted by molar-refractivity contribution is 6.02. The molecule has 0 unspecified atom stereocenters. The van der Waals surface area contributed by atoms with E-state index in [4.69, 9.17) is 9.47 Å². The number of aromatic nitrogens is 4. The van der Waals surface area contributed by atoms with Crippen LogP contribution in [0, 0.1) is 12.7 Å². The van der Waals surface area contributed by atoms with Crippen LogP contribution in [0.1, 0.15) is 32.0 Å². The average Bonchev–Trinajstić information content (AvgIpc) is 3.46. The van der Waals surface area contributed by atoms with Crippen LogP contribution in [0.3, 0.4) is 0 Å². The summed E-state index contributed by atoms with van der Waals surface area (Å²) < 4.78 is 27.7. The smallest absolute Gasteiger partial charge is 0.337 e. The first kappa shape index (κ1) is 27.5. The molecule has 3 heterocycles. The number of esters is 1. The van der Waals surface area contributed by atoms with Gasteiger partial charge >= 0.3 is 5.97 Å². The molecule has 0 atom stereocenters. The summed E-state index contributed by atoms with van der Waals surface area (Å²) in [5, 5.41) is 0.815. The number of H-pyrrole nitrogens is 1. The van der Waals surface area contributed by atoms with Crippen LogP contribution in [-0.4, -0.2) is 38.4 Å². The van der Waals surface area contributed by atoms with E-state index in [-0.39, 0.29) is 34.6 Å². The lowest BCUT2D eigenvalue weighted by Gasteiger charge is -2.14. The van der Waals surface area contributed by atoms with E-state index in [9.17, 15) is 14.4 Å². The zero-order chi connectivity index (χ0) is 30.2. The number of halogens is 1. The number of methoxy groups -OCH3 is 1. The second-order valence-electron chi connectivity index (χ2n) is 10.0. The predicted octanol–water partition coefficient (Wildman–Crippen LogP) is 5.93. The third kappa shape index (κ3) is 4.93. The second kappa shape index (κ2) is 11.0. The zero-order valence-electron chi connectivity index (χ0n) is 23.5. The molecule has 0 aliphatic rings. The molecule has 9 nitrogen and oxygen atoms in total. The fourth-order valence-electron chi connectivity index (χ4n) is 5.20. The van der Waals surface area contributed by atoms with Gasteiger partial charge in [0.15, 0.2) is 22.8 Å². The van der Waals surface area contributed by atoms with E-state index >= 15 is 4.39 Å². The summed E-state index contributed by atoms with van der Waals surface area (Å²) in [6.07, 6.45) is 2.90. The van der Waals surface area contributed by atoms with Gasteiger partial charge in [0.25, 0.3) is 0 Å². The van der Waals surface area contributed by atoms with Gasteiger partial charge in [0.05, 0.1) is 29.1 Å². The van der Waals surface area contributed by atoms with Crippen LogP contribution in [-0.2, 0) is 18.2 Å². The second-order valence-corrected chi connectivity index (χ2v) is 10.0. The number of ether oxygens (including phenoxy) is 2. The van der Waals surface area contributed by atoms with Gasteiger partial charge in [0, 0.05) is 36.3 Å². The molecule has 0 bridgehead atoms. The normalized spacial score (nSPS) is 11.2. The Morgan fingerprint density at radius 2 is 1.81 bits per heavy atom. The van der Waals surface area contributed by atoms with Crippen molar-refractivity contribution >= 4 is 33.7 Å². The lowest BCUT2D eigenvalue weighted by molar-refractivity contribution is 0.0600. The van der Waals surface area contributed by atoms with Crippen LogP contribution < -0.4 is 10.2 Å². The Kier molecular flexibility index (Phi) is 7.03. The maximum absolute atomic E-state index is 15.3. The van der Waals surface area contributed by atoms with Gasteiger partial charge in [-0.3, -0.25) is 9.59 Å². The molecule has 0 aliphatic carbocycles. The van der Waals surface area contributed by atoms with Crippen molar-refractivity contribution < 1.29 is 23.5 Å². The molecule has 43 heavy (non-hydrogen) atoms. The Labute approximate surface area is 244 Å². The summed E-state index contributed by atoms with van der Waals surface area (Å²) in [6, 6.07) is 18.4. The van der Waals surface area contributed by atoms with Crippen LogP contribution in [0.4, 0.5) is 4.39 Å². The maximum Gasteiger partial charge on any atom is 0.337 e. The summed E-state index contributed by atoms with van der Waals surface area (Å²) >= 11 is 0. The molecule has 214 valence electrons. The highest BCUT2D eigenvalue weighted by Crippen LogP contribution is 2.36. The van der Waals surface area contributed by atoms with E-state index in [0.717, 1.165) is 11.1 Å². The van der Waals surface area contributed by atoms with Gasteiger partial charge in [0.1, 0.15) is 12.0 Å². The van der Waals surface area contributed by atoms with Crippen molar-refractivity contribution in [3.63, 3.8) is 0 Å². The fraction of sp³-hybridized carbons (Fsp3) is 0.121. The van der Waals surface area contributed by atoms with Gasteiger partial charge < -0.3 is 19.0 Å². The molecular formula is C33H25FN4O5. The highest BCUT2D eigenvalue weighted by Gasteiger charge is 2.22. The molecule has 0 aliphatic heterocycles. The lowest BCUT2D eigenvalue weighted by Crippen LogP contribution is -2.23. The molecule has 0 saturated carbocycles. The van der Waals surface area contributed by atoms with E-state index in [1.165, 1.54) is 31.6 Å². The van der Waals surface area contributed by atoms with Crippen LogP contribution >= 0.6 is 0 Å². The number of rotatable bonds is 7. The number of Topliss-reactive ketones (excluding diaryl/α,β-unsaturated/α-hetero) is 1. The molecule has 6 rings (SSSR count). The predicted molar refractivity (Wildman–Crippen MR) is 159 cm³/mol. The molecule has 0 fully saturated rings. The number of nitrogens with zero attached hydrogens (tertiary/aromatic N) is 3. The first-order valence-corrected chi connectivity index (χ1v) is 13.4. The largest absolute Gasteiger partial charge is 0.465 e. The number of hydrogen-bond acceptors (Lipinski definition) is 7. The minimum Gasteiger partial charge on any atom is -0.465 e. The van der Waals surface area contributed by atoms with Crippen molar-refractivity contribution in [2.75, 3.05) is 7.11 Å². The molecular weight excluding hydrogens is 551 g/mol. The Morgan fingerprint density at radius 3 is 2.56 bits per heavy atom. The summed E-state index contributed by atoms with van der Waals surface area (Å²) in [7, 11) is 2.98. The van der Waals surface area contributed by atoms with Crippen molar-refractivity contribution in [1.29, 1.82) is 0 Å². The lowest BCUT2D eigenvalue weighted by atomic mass is 9.98. The molecule has 0 spiro atoms. The quantitative estimate of drug-likeness (QED) is 0.185. The number of carbonyl (C=O) groups excluding carboxylic acids is 2. The number of fused-ring (bicyclic) bond motifs is 2. The van der Waals surface area contributed by atoms with Crippen molar-refractivity contribution in [3.8, 4) is 22.8 Å². The van der Waals surface area contributed by atoms with Gasteiger partial charge in [-0.05, 0) is 48.4 Å². The monoisotopic (exact) mass is 576 g/mol. The van der Waals surface area contributed by atoms with Crippen LogP contribution in [0.5, 0.6) is 11.6 Å². The van der Waals surface area contributed by atoms with E-state index in [0.29, 0.717) is 27.8 Å². The molecule has 0 amide bonds. The number of carbonyl (C=O) groups is 2. The Balaban J connectivity index is 1.30. The number of aromatic amines is 1. The third-order valence-corrected chi connectivity index (χ3v) is 7.48. The molecule has 3 aromatic heterocycles. The summed E-state index contributed by atoms with van der Waals surface area (Å²) in [5.41, 5.74) is 3.31. The molecule has 6 aromatic rings. The molecule has 1 N–H and O–H groups in total. The third-order valence-electron chi connectivity index (χ3n) is 7.48. The van der Waals surface area contributed by atoms with Crippen molar-refractivity contribution in [2.45, 2.75) is 13.3 Å². The van der Waals surface area contributed by atoms with Crippen molar-refractivity contribution in [1.82, 2.24) is 19.5 Å². The van der Waals surface area contributed by atoms with E-state index < -0.39 is 23.0 Å². The Hall–Kier alpha value is -5.64. The van der Waals surface area contributed by atoms with E-state index in [1.54, 1.807) is 42.9 Å². The van der Waals surface area contributed by atoms with E-state index in [1.807, 2.05) is 30.3 Å². The average molecular weight is 577 g/mol. The summed E-state index contributed by atoms with van der Waals surface area (Å²) in [4.78, 5) is 50.5. The van der Waals surface area contributed by atoms with Gasteiger partial charge in [-0.2, -0.15) is 0 Å². The van der Waals surface area contributed by atoms with Crippen molar-refractivity contribution in [3.05, 3.63) is 118 Å². The summed E-state index contributed by atoms with van der Waals surface area (Å²) in [6.45, 7) is 1.67. The molecule has 10 heteroatoms. The minimum absolute atomic E-state index is 0.0259. The van der Waals surface area contributed by atoms with Gasteiger partial charge in [-0.15, -0.1) is 0 Å². The van der Waals surface area contributed by atoms with Crippen LogP contribution in [0.2, 0.25) is 0 Å². The first-order valence-electron chi connectivity index (χ1n) is 13.4. The van der Waals surface area contributed by atoms with Crippen LogP contribution in [0.15, 0.2) is 84.0 Å². The van der Waals surface area contributed by atoms with Gasteiger partial charge in [0.2, 0.25) is 5.88 Å². The minimum atomic E-state index is -0.695. The van der Waals surface area contributed by atoms with Crippen LogP contribution in [0.25, 0.3) is 33.1 Å². The number of hydrogen-bond donors (Lipinski definition) is 1. The number of aryl methyl sites for hydroxylation is 1. The van der Waals surface area contributed by atoms with Gasteiger partial charge in [-0.25, -0.2) is 19.2 Å². The Morgan fingerprint density at radius 1 is 1.02 bits per heavy atom. The number of pyridine rings is 1. The van der Waals surface area contributed by atoms with E-state index in [2.05, 4.69) is 15.0 Å². The first-order chi connectivity index (χ1) is 20.8. The fourth-order valence-corrected chi connectivity index (χ4v) is 5.20. The maximum atomic E-state index is 15.3. The van der Waals surface area contributed by atoms with Crippen molar-refractivity contribution in [2.24, 2.45) is 7.05 Å². The highest BCUT2D eigenvalue weighted by atomic mass is 19.1. The number of nitrogens with one attached hydrogen (secondary N) is 1. The zero-order valence-corrected chi connectivity index (χ0v) is 23.5. The topological polar surface area (TPSA) is 116 Å². The number of benzene rings is 3. The molecule has 0 radical (unpaired) electrons. The molecule has 3 aromatic carbocycles. The standard InChI is InChI=1S/C33H25FN4O5/c1-18-28(30(40)22-15-21(33(41)42-3)10-11-25(22)38(18)2)26(39)14-19-9-12-27(24(34)13-19)43-32-29-23(20-7-5-4-6-8-20)16-35-31(29)36-17-37-32/h4-13,15-17H,14H2,1-3H3,(H,35,36,37). The Bertz CT molecular complexity index is 2120.